The standard InChI is InChI=1S/C14H19N3/c1-9(2)13-14(17-10(3)16-13)12-6-4-5-11(7-12)8-15/h4-7,9H,8,15H2,1-3H3,(H,16,17). The molecule has 0 aliphatic heterocycles. The molecule has 2 rings (SSSR count). The Hall–Kier alpha value is -1.61. The first-order chi connectivity index (χ1) is 8.11. The van der Waals surface area contributed by atoms with Gasteiger partial charge < -0.3 is 10.7 Å². The number of imidazole rings is 1. The van der Waals surface area contributed by atoms with Gasteiger partial charge in [0.05, 0.1) is 5.69 Å². The topological polar surface area (TPSA) is 54.7 Å². The summed E-state index contributed by atoms with van der Waals surface area (Å²) in [7, 11) is 0. The Morgan fingerprint density at radius 1 is 1.35 bits per heavy atom. The summed E-state index contributed by atoms with van der Waals surface area (Å²) < 4.78 is 0. The first kappa shape index (κ1) is 11.9. The predicted octanol–water partition coefficient (Wildman–Crippen LogP) is 2.97. The fourth-order valence-electron chi connectivity index (χ4n) is 1.99. The van der Waals surface area contributed by atoms with E-state index < -0.39 is 0 Å². The van der Waals surface area contributed by atoms with Crippen LogP contribution in [-0.2, 0) is 6.54 Å². The third-order valence-electron chi connectivity index (χ3n) is 2.86. The smallest absolute Gasteiger partial charge is 0.103 e. The van der Waals surface area contributed by atoms with E-state index in [0.29, 0.717) is 12.5 Å². The highest BCUT2D eigenvalue weighted by Crippen LogP contribution is 2.27. The van der Waals surface area contributed by atoms with Crippen molar-refractivity contribution in [3.05, 3.63) is 41.3 Å². The van der Waals surface area contributed by atoms with Gasteiger partial charge in [-0.05, 0) is 24.5 Å². The van der Waals surface area contributed by atoms with Gasteiger partial charge in [0.15, 0.2) is 0 Å². The van der Waals surface area contributed by atoms with Crippen molar-refractivity contribution >= 4 is 0 Å². The minimum atomic E-state index is 0.438. The molecule has 0 aliphatic carbocycles. The second kappa shape index (κ2) is 4.72. The SMILES string of the molecule is Cc1nc(-c2cccc(CN)c2)c(C(C)C)[nH]1. The van der Waals surface area contributed by atoms with Crippen molar-refractivity contribution < 1.29 is 0 Å². The molecule has 3 heteroatoms. The van der Waals surface area contributed by atoms with Crippen molar-refractivity contribution in [1.82, 2.24) is 9.97 Å². The minimum Gasteiger partial charge on any atom is -0.345 e. The Morgan fingerprint density at radius 2 is 2.12 bits per heavy atom. The summed E-state index contributed by atoms with van der Waals surface area (Å²) in [6.45, 7) is 6.89. The number of nitrogens with zero attached hydrogens (tertiary/aromatic N) is 1. The molecule has 1 aromatic heterocycles. The van der Waals surface area contributed by atoms with Gasteiger partial charge in [-0.2, -0.15) is 0 Å². The largest absolute Gasteiger partial charge is 0.345 e. The van der Waals surface area contributed by atoms with Crippen LogP contribution in [0.4, 0.5) is 0 Å². The van der Waals surface area contributed by atoms with Gasteiger partial charge in [-0.1, -0.05) is 32.0 Å². The van der Waals surface area contributed by atoms with E-state index in [2.05, 4.69) is 35.9 Å². The van der Waals surface area contributed by atoms with E-state index in [1.54, 1.807) is 0 Å². The van der Waals surface area contributed by atoms with Crippen molar-refractivity contribution in [1.29, 1.82) is 0 Å². The molecule has 1 heterocycles. The lowest BCUT2D eigenvalue weighted by molar-refractivity contribution is 0.830. The van der Waals surface area contributed by atoms with Gasteiger partial charge in [0.2, 0.25) is 0 Å². The Bertz CT molecular complexity index is 512. The van der Waals surface area contributed by atoms with E-state index in [1.807, 2.05) is 19.1 Å². The Balaban J connectivity index is 2.51. The molecule has 0 amide bonds. The molecule has 90 valence electrons. The number of nitrogens with one attached hydrogen (secondary N) is 1. The molecule has 0 saturated heterocycles. The Labute approximate surface area is 102 Å². The fourth-order valence-corrected chi connectivity index (χ4v) is 1.99. The quantitative estimate of drug-likeness (QED) is 0.850. The summed E-state index contributed by atoms with van der Waals surface area (Å²) in [5.41, 5.74) is 10.2. The molecule has 3 N–H and O–H groups in total. The maximum atomic E-state index is 5.67. The summed E-state index contributed by atoms with van der Waals surface area (Å²) in [5, 5.41) is 0. The zero-order chi connectivity index (χ0) is 12.4. The number of aryl methyl sites for hydroxylation is 1. The number of H-pyrrole nitrogens is 1. The molecule has 2 aromatic rings. The third-order valence-corrected chi connectivity index (χ3v) is 2.86. The van der Waals surface area contributed by atoms with E-state index in [9.17, 15) is 0 Å². The first-order valence-electron chi connectivity index (χ1n) is 5.97. The normalized spacial score (nSPS) is 11.1. The summed E-state index contributed by atoms with van der Waals surface area (Å²) >= 11 is 0. The Morgan fingerprint density at radius 3 is 2.76 bits per heavy atom. The summed E-state index contributed by atoms with van der Waals surface area (Å²) in [5.74, 6) is 1.40. The van der Waals surface area contributed by atoms with Crippen molar-refractivity contribution in [2.45, 2.75) is 33.2 Å². The van der Waals surface area contributed by atoms with Crippen LogP contribution in [0, 0.1) is 6.92 Å². The van der Waals surface area contributed by atoms with Crippen LogP contribution >= 0.6 is 0 Å². The van der Waals surface area contributed by atoms with Gasteiger partial charge in [-0.15, -0.1) is 0 Å². The monoisotopic (exact) mass is 229 g/mol. The van der Waals surface area contributed by atoms with Crippen LogP contribution in [0.15, 0.2) is 24.3 Å². The molecule has 3 nitrogen and oxygen atoms in total. The van der Waals surface area contributed by atoms with E-state index in [4.69, 9.17) is 5.73 Å². The molecule has 0 atom stereocenters. The van der Waals surface area contributed by atoms with E-state index in [1.165, 1.54) is 5.69 Å². The second-order valence-electron chi connectivity index (χ2n) is 4.64. The number of nitrogens with two attached hydrogens (primary N) is 1. The number of aromatic amines is 1. The highest BCUT2D eigenvalue weighted by atomic mass is 14.9. The van der Waals surface area contributed by atoms with E-state index in [-0.39, 0.29) is 0 Å². The molecule has 0 radical (unpaired) electrons. The van der Waals surface area contributed by atoms with Gasteiger partial charge in [-0.3, -0.25) is 0 Å². The van der Waals surface area contributed by atoms with Gasteiger partial charge >= 0.3 is 0 Å². The summed E-state index contributed by atoms with van der Waals surface area (Å²) in [6.07, 6.45) is 0. The van der Waals surface area contributed by atoms with Crippen molar-refractivity contribution in [3.63, 3.8) is 0 Å². The average Bonchev–Trinajstić information content (AvgIpc) is 2.72. The zero-order valence-electron chi connectivity index (χ0n) is 10.6. The number of rotatable bonds is 3. The number of aromatic nitrogens is 2. The summed E-state index contributed by atoms with van der Waals surface area (Å²) in [6, 6.07) is 8.27. The second-order valence-corrected chi connectivity index (χ2v) is 4.64. The van der Waals surface area contributed by atoms with Crippen molar-refractivity contribution in [2.75, 3.05) is 0 Å². The third kappa shape index (κ3) is 2.39. The minimum absolute atomic E-state index is 0.438. The molecule has 0 unspecified atom stereocenters. The van der Waals surface area contributed by atoms with Gasteiger partial charge in [0.25, 0.3) is 0 Å². The van der Waals surface area contributed by atoms with Gasteiger partial charge in [0, 0.05) is 17.8 Å². The predicted molar refractivity (Wildman–Crippen MR) is 70.7 cm³/mol. The van der Waals surface area contributed by atoms with Crippen LogP contribution in [0.2, 0.25) is 0 Å². The van der Waals surface area contributed by atoms with E-state index >= 15 is 0 Å². The van der Waals surface area contributed by atoms with Gasteiger partial charge in [0.1, 0.15) is 5.82 Å². The number of benzene rings is 1. The van der Waals surface area contributed by atoms with Crippen LogP contribution < -0.4 is 5.73 Å². The molecular formula is C14H19N3. The molecule has 0 aliphatic rings. The first-order valence-corrected chi connectivity index (χ1v) is 5.97. The molecule has 0 fully saturated rings. The molecule has 17 heavy (non-hydrogen) atoms. The number of hydrogen-bond acceptors (Lipinski definition) is 2. The van der Waals surface area contributed by atoms with Crippen molar-refractivity contribution in [3.8, 4) is 11.3 Å². The average molecular weight is 229 g/mol. The van der Waals surface area contributed by atoms with Crippen LogP contribution in [0.25, 0.3) is 11.3 Å². The molecule has 1 aromatic carbocycles. The fraction of sp³-hybridized carbons (Fsp3) is 0.357. The highest BCUT2D eigenvalue weighted by molar-refractivity contribution is 5.63. The maximum absolute atomic E-state index is 5.67. The zero-order valence-corrected chi connectivity index (χ0v) is 10.6. The summed E-state index contributed by atoms with van der Waals surface area (Å²) in [4.78, 5) is 7.92. The molecule has 0 spiro atoms. The highest BCUT2D eigenvalue weighted by Gasteiger charge is 2.13. The van der Waals surface area contributed by atoms with Crippen molar-refractivity contribution in [2.24, 2.45) is 5.73 Å². The van der Waals surface area contributed by atoms with Crippen LogP contribution in [0.1, 0.15) is 36.8 Å². The Kier molecular flexibility index (Phi) is 3.29. The molecule has 0 bridgehead atoms. The lowest BCUT2D eigenvalue weighted by Crippen LogP contribution is -1.97. The van der Waals surface area contributed by atoms with Crippen LogP contribution in [0.5, 0.6) is 0 Å². The lowest BCUT2D eigenvalue weighted by Gasteiger charge is -2.07. The van der Waals surface area contributed by atoms with Crippen LogP contribution in [0.3, 0.4) is 0 Å². The molecule has 0 saturated carbocycles. The molecular weight excluding hydrogens is 210 g/mol. The van der Waals surface area contributed by atoms with Gasteiger partial charge in [-0.25, -0.2) is 4.98 Å². The number of hydrogen-bond donors (Lipinski definition) is 2. The maximum Gasteiger partial charge on any atom is 0.103 e. The van der Waals surface area contributed by atoms with E-state index in [0.717, 1.165) is 22.6 Å². The van der Waals surface area contributed by atoms with Crippen LogP contribution in [-0.4, -0.2) is 9.97 Å². The lowest BCUT2D eigenvalue weighted by atomic mass is 10.0.